The average Bonchev–Trinajstić information content (AvgIpc) is 3.41. The van der Waals surface area contributed by atoms with Crippen LogP contribution in [0.25, 0.3) is 28.0 Å². The minimum absolute atomic E-state index is 0.186. The van der Waals surface area contributed by atoms with E-state index in [0.717, 1.165) is 65.3 Å². The maximum atomic E-state index is 14.2. The molecule has 1 aliphatic heterocycles. The van der Waals surface area contributed by atoms with Crippen LogP contribution in [0.3, 0.4) is 0 Å². The van der Waals surface area contributed by atoms with Crippen molar-refractivity contribution in [2.75, 3.05) is 26.1 Å². The van der Waals surface area contributed by atoms with Gasteiger partial charge in [-0.2, -0.15) is 0 Å². The van der Waals surface area contributed by atoms with Gasteiger partial charge in [-0.1, -0.05) is 24.3 Å². The van der Waals surface area contributed by atoms with E-state index in [1.165, 1.54) is 5.56 Å². The topological polar surface area (TPSA) is 66.1 Å². The molecule has 7 heteroatoms. The van der Waals surface area contributed by atoms with Crippen LogP contribution in [-0.2, 0) is 13.0 Å². The molecule has 7 nitrogen and oxygen atoms in total. The molecule has 3 heterocycles. The number of ether oxygens (including phenoxy) is 3. The van der Waals surface area contributed by atoms with Gasteiger partial charge in [-0.15, -0.1) is 0 Å². The van der Waals surface area contributed by atoms with E-state index in [1.54, 1.807) is 14.2 Å². The van der Waals surface area contributed by atoms with Crippen LogP contribution in [0.4, 0.5) is 5.69 Å². The highest BCUT2D eigenvalue weighted by atomic mass is 16.5. The standard InChI is InChI=1S/C33H33N3O4/c1-4-40-25-18-14-23(15-19-25)30-26-9-7-8-20-35-28(22-12-16-24(38-2)17-13-22)21-36(33(26)35)31(30)32(37)34-27-10-5-6-11-29(27)39-3/h5-6,10-19,21H,4,7-9,20H2,1-3H3,(H,34,37). The number of aryl methyl sites for hydroxylation is 2. The molecule has 0 bridgehead atoms. The van der Waals surface area contributed by atoms with Gasteiger partial charge in [0.1, 0.15) is 28.6 Å². The zero-order valence-corrected chi connectivity index (χ0v) is 23.1. The lowest BCUT2D eigenvalue weighted by molar-refractivity contribution is 0.102. The summed E-state index contributed by atoms with van der Waals surface area (Å²) in [6.07, 6.45) is 5.09. The number of hydrogen-bond acceptors (Lipinski definition) is 4. The van der Waals surface area contributed by atoms with Gasteiger partial charge in [0.05, 0.1) is 32.2 Å². The molecule has 3 aromatic carbocycles. The van der Waals surface area contributed by atoms with E-state index in [1.807, 2.05) is 55.5 Å². The molecule has 204 valence electrons. The van der Waals surface area contributed by atoms with Crippen LogP contribution in [0.5, 0.6) is 17.2 Å². The summed E-state index contributed by atoms with van der Waals surface area (Å²) in [6.45, 7) is 3.46. The number of benzene rings is 3. The predicted octanol–water partition coefficient (Wildman–Crippen LogP) is 7.08. The van der Waals surface area contributed by atoms with Crippen molar-refractivity contribution < 1.29 is 19.0 Å². The lowest BCUT2D eigenvalue weighted by Gasteiger charge is -2.12. The molecule has 1 N–H and O–H groups in total. The van der Waals surface area contributed by atoms with Crippen LogP contribution in [0.1, 0.15) is 35.8 Å². The molecule has 6 rings (SSSR count). The molecular weight excluding hydrogens is 502 g/mol. The molecule has 1 aliphatic rings. The molecule has 0 spiro atoms. The molecule has 5 aromatic rings. The molecule has 2 aromatic heterocycles. The Morgan fingerprint density at radius 1 is 0.875 bits per heavy atom. The first kappa shape index (κ1) is 25.6. The van der Waals surface area contributed by atoms with Gasteiger partial charge in [0, 0.05) is 23.9 Å². The zero-order chi connectivity index (χ0) is 27.6. The second kappa shape index (κ2) is 10.8. The Morgan fingerprint density at radius 2 is 1.60 bits per heavy atom. The van der Waals surface area contributed by atoms with Gasteiger partial charge in [-0.05, 0) is 85.8 Å². The smallest absolute Gasteiger partial charge is 0.273 e. The maximum Gasteiger partial charge on any atom is 0.273 e. The third-order valence-corrected chi connectivity index (χ3v) is 7.54. The van der Waals surface area contributed by atoms with E-state index >= 15 is 0 Å². The molecule has 0 radical (unpaired) electrons. The summed E-state index contributed by atoms with van der Waals surface area (Å²) >= 11 is 0. The highest BCUT2D eigenvalue weighted by molar-refractivity contribution is 6.10. The van der Waals surface area contributed by atoms with Gasteiger partial charge in [0.15, 0.2) is 0 Å². The third-order valence-electron chi connectivity index (χ3n) is 7.54. The minimum atomic E-state index is -0.186. The van der Waals surface area contributed by atoms with Crippen molar-refractivity contribution in [2.24, 2.45) is 0 Å². The Hall–Kier alpha value is -4.65. The largest absolute Gasteiger partial charge is 0.497 e. The molecule has 0 fully saturated rings. The molecule has 0 saturated carbocycles. The molecule has 0 saturated heterocycles. The Balaban J connectivity index is 1.57. The van der Waals surface area contributed by atoms with Crippen LogP contribution in [0.15, 0.2) is 79.0 Å². The van der Waals surface area contributed by atoms with Crippen LogP contribution in [-0.4, -0.2) is 35.7 Å². The van der Waals surface area contributed by atoms with Gasteiger partial charge in [-0.3, -0.25) is 9.20 Å². The van der Waals surface area contributed by atoms with E-state index in [9.17, 15) is 4.79 Å². The predicted molar refractivity (Wildman–Crippen MR) is 158 cm³/mol. The number of amides is 1. The van der Waals surface area contributed by atoms with Crippen molar-refractivity contribution in [3.05, 3.63) is 90.3 Å². The number of methoxy groups -OCH3 is 2. The monoisotopic (exact) mass is 535 g/mol. The Morgan fingerprint density at radius 3 is 2.33 bits per heavy atom. The Labute approximate surface area is 233 Å². The van der Waals surface area contributed by atoms with Crippen LogP contribution in [0.2, 0.25) is 0 Å². The van der Waals surface area contributed by atoms with Gasteiger partial charge in [0.25, 0.3) is 5.91 Å². The van der Waals surface area contributed by atoms with Gasteiger partial charge in [-0.25, -0.2) is 0 Å². The summed E-state index contributed by atoms with van der Waals surface area (Å²) in [5, 5.41) is 3.13. The van der Waals surface area contributed by atoms with Crippen molar-refractivity contribution in [1.29, 1.82) is 0 Å². The van der Waals surface area contributed by atoms with Gasteiger partial charge >= 0.3 is 0 Å². The zero-order valence-electron chi connectivity index (χ0n) is 23.1. The fraction of sp³-hybridized carbons (Fsp3) is 0.242. The first-order valence-corrected chi connectivity index (χ1v) is 13.7. The third kappa shape index (κ3) is 4.47. The number of imidazole rings is 1. The summed E-state index contributed by atoms with van der Waals surface area (Å²) in [6, 6.07) is 23.6. The molecular formula is C33H33N3O4. The van der Waals surface area contributed by atoms with Crippen molar-refractivity contribution in [1.82, 2.24) is 8.97 Å². The average molecular weight is 536 g/mol. The SMILES string of the molecule is CCOc1ccc(-c2c3c4n(c(-c5ccc(OC)cc5)cn4c2C(=O)Nc2ccccc2OC)CCCC3)cc1. The van der Waals surface area contributed by atoms with Crippen molar-refractivity contribution >= 4 is 17.2 Å². The second-order valence-electron chi connectivity index (χ2n) is 9.86. The fourth-order valence-corrected chi connectivity index (χ4v) is 5.73. The number of hydrogen-bond donors (Lipinski definition) is 1. The van der Waals surface area contributed by atoms with E-state index in [2.05, 4.69) is 44.7 Å². The fourth-order valence-electron chi connectivity index (χ4n) is 5.73. The molecule has 0 unspecified atom stereocenters. The van der Waals surface area contributed by atoms with Crippen LogP contribution in [0, 0.1) is 0 Å². The summed E-state index contributed by atoms with van der Waals surface area (Å²) in [4.78, 5) is 14.2. The van der Waals surface area contributed by atoms with E-state index in [-0.39, 0.29) is 5.91 Å². The number of nitrogens with zero attached hydrogens (tertiary/aromatic N) is 2. The summed E-state index contributed by atoms with van der Waals surface area (Å²) in [5.41, 5.74) is 7.60. The Bertz CT molecular complexity index is 1660. The summed E-state index contributed by atoms with van der Waals surface area (Å²) < 4.78 is 21.1. The number of carbonyl (C=O) groups is 1. The Kier molecular flexibility index (Phi) is 6.95. The molecule has 1 amide bonds. The quantitative estimate of drug-likeness (QED) is 0.231. The first-order valence-electron chi connectivity index (χ1n) is 13.7. The lowest BCUT2D eigenvalue weighted by Crippen LogP contribution is -2.16. The van der Waals surface area contributed by atoms with E-state index < -0.39 is 0 Å². The lowest BCUT2D eigenvalue weighted by atomic mass is 9.97. The molecule has 0 atom stereocenters. The van der Waals surface area contributed by atoms with E-state index in [4.69, 9.17) is 14.2 Å². The molecule has 0 aliphatic carbocycles. The van der Waals surface area contributed by atoms with Gasteiger partial charge < -0.3 is 24.1 Å². The number of rotatable bonds is 8. The van der Waals surface area contributed by atoms with Gasteiger partial charge in [0.2, 0.25) is 0 Å². The van der Waals surface area contributed by atoms with E-state index in [0.29, 0.717) is 23.7 Å². The summed E-state index contributed by atoms with van der Waals surface area (Å²) in [5.74, 6) is 2.05. The van der Waals surface area contributed by atoms with Crippen LogP contribution >= 0.6 is 0 Å². The number of nitrogens with one attached hydrogen (secondary N) is 1. The number of aromatic nitrogens is 2. The second-order valence-corrected chi connectivity index (χ2v) is 9.86. The number of para-hydroxylation sites is 2. The number of anilines is 1. The highest BCUT2D eigenvalue weighted by Crippen LogP contribution is 2.40. The normalized spacial score (nSPS) is 12.7. The highest BCUT2D eigenvalue weighted by Gasteiger charge is 2.30. The maximum absolute atomic E-state index is 14.2. The molecule has 40 heavy (non-hydrogen) atoms. The van der Waals surface area contributed by atoms with Crippen molar-refractivity contribution in [2.45, 2.75) is 32.7 Å². The minimum Gasteiger partial charge on any atom is -0.497 e. The van der Waals surface area contributed by atoms with Crippen molar-refractivity contribution in [3.63, 3.8) is 0 Å². The number of carbonyl (C=O) groups excluding carboxylic acids is 1. The van der Waals surface area contributed by atoms with Crippen molar-refractivity contribution in [3.8, 4) is 39.6 Å². The first-order chi connectivity index (χ1) is 19.6. The van der Waals surface area contributed by atoms with Crippen LogP contribution < -0.4 is 19.5 Å². The summed E-state index contributed by atoms with van der Waals surface area (Å²) in [7, 11) is 3.28.